The van der Waals surface area contributed by atoms with Gasteiger partial charge in [-0.2, -0.15) is 4.37 Å². The van der Waals surface area contributed by atoms with Gasteiger partial charge in [0.15, 0.2) is 15.7 Å². The molecule has 0 aliphatic heterocycles. The van der Waals surface area contributed by atoms with Crippen LogP contribution in [0.1, 0.15) is 25.7 Å². The van der Waals surface area contributed by atoms with Gasteiger partial charge in [0.05, 0.1) is 5.25 Å². The summed E-state index contributed by atoms with van der Waals surface area (Å²) in [4.78, 5) is 0.166. The molecule has 0 radical (unpaired) electrons. The molecule has 0 amide bonds. The first-order valence-electron chi connectivity index (χ1n) is 5.91. The number of hydrogen-bond donors (Lipinski definition) is 3. The smallest absolute Gasteiger partial charge is 0.187 e. The maximum Gasteiger partial charge on any atom is 0.187 e. The second-order valence-corrected chi connectivity index (χ2v) is 7.27. The molecule has 1 aliphatic rings. The molecule has 0 saturated heterocycles. The standard InChI is InChI=1S/C10H17N3O3S2/c11-9-8(18(15,16)7-3-4-7)10(17-13-9)12-5-1-2-6-14/h7,12,14H,1-6H2,(H2,11,13). The van der Waals surface area contributed by atoms with Gasteiger partial charge in [-0.3, -0.25) is 0 Å². The summed E-state index contributed by atoms with van der Waals surface area (Å²) < 4.78 is 28.3. The number of nitrogens with zero attached hydrogens (tertiary/aromatic N) is 1. The lowest BCUT2D eigenvalue weighted by atomic mass is 10.3. The molecule has 6 nitrogen and oxygen atoms in total. The third kappa shape index (κ3) is 2.76. The number of aromatic nitrogens is 1. The van der Waals surface area contributed by atoms with Crippen molar-refractivity contribution in [1.82, 2.24) is 4.37 Å². The van der Waals surface area contributed by atoms with Crippen LogP contribution in [-0.2, 0) is 9.84 Å². The Hall–Kier alpha value is -0.860. The fraction of sp³-hybridized carbons (Fsp3) is 0.700. The highest BCUT2D eigenvalue weighted by molar-refractivity contribution is 7.92. The zero-order valence-electron chi connectivity index (χ0n) is 9.92. The molecule has 1 aromatic rings. The summed E-state index contributed by atoms with van der Waals surface area (Å²) in [5.41, 5.74) is 5.66. The highest BCUT2D eigenvalue weighted by Gasteiger charge is 2.40. The highest BCUT2D eigenvalue weighted by Crippen LogP contribution is 2.40. The molecule has 0 unspecified atom stereocenters. The molecule has 2 rings (SSSR count). The molecule has 0 bridgehead atoms. The molecular weight excluding hydrogens is 274 g/mol. The average molecular weight is 291 g/mol. The van der Waals surface area contributed by atoms with E-state index in [1.807, 2.05) is 0 Å². The van der Waals surface area contributed by atoms with E-state index in [9.17, 15) is 8.42 Å². The van der Waals surface area contributed by atoms with E-state index in [1.54, 1.807) is 0 Å². The van der Waals surface area contributed by atoms with E-state index in [2.05, 4.69) is 9.69 Å². The summed E-state index contributed by atoms with van der Waals surface area (Å²) in [5, 5.41) is 12.0. The van der Waals surface area contributed by atoms with Gasteiger partial charge in [0.2, 0.25) is 0 Å². The summed E-state index contributed by atoms with van der Waals surface area (Å²) in [7, 11) is -3.32. The van der Waals surface area contributed by atoms with Crippen molar-refractivity contribution < 1.29 is 13.5 Å². The topological polar surface area (TPSA) is 105 Å². The SMILES string of the molecule is Nc1nsc(NCCCCO)c1S(=O)(=O)C1CC1. The van der Waals surface area contributed by atoms with Crippen molar-refractivity contribution >= 4 is 32.2 Å². The molecule has 0 aromatic carbocycles. The number of aliphatic hydroxyl groups excluding tert-OH is 1. The molecule has 0 atom stereocenters. The van der Waals surface area contributed by atoms with Crippen LogP contribution in [-0.4, -0.2) is 36.3 Å². The van der Waals surface area contributed by atoms with E-state index >= 15 is 0 Å². The van der Waals surface area contributed by atoms with Crippen LogP contribution >= 0.6 is 11.5 Å². The summed E-state index contributed by atoms with van der Waals surface area (Å²) in [6.07, 6.45) is 2.88. The molecule has 1 aromatic heterocycles. The molecule has 1 saturated carbocycles. The van der Waals surface area contributed by atoms with Crippen LogP contribution in [0.4, 0.5) is 10.8 Å². The maximum atomic E-state index is 12.2. The van der Waals surface area contributed by atoms with Gasteiger partial charge in [-0.15, -0.1) is 0 Å². The normalized spacial score (nSPS) is 15.8. The molecule has 18 heavy (non-hydrogen) atoms. The van der Waals surface area contributed by atoms with E-state index in [0.717, 1.165) is 18.0 Å². The van der Waals surface area contributed by atoms with Crippen molar-refractivity contribution in [2.75, 3.05) is 24.2 Å². The first-order valence-corrected chi connectivity index (χ1v) is 8.23. The zero-order valence-corrected chi connectivity index (χ0v) is 11.6. The van der Waals surface area contributed by atoms with Crippen LogP contribution in [0.15, 0.2) is 4.90 Å². The first kappa shape index (κ1) is 13.6. The second kappa shape index (κ2) is 5.41. The summed E-state index contributed by atoms with van der Waals surface area (Å²) >= 11 is 1.08. The predicted molar refractivity (Wildman–Crippen MR) is 71.5 cm³/mol. The molecule has 8 heteroatoms. The number of anilines is 2. The van der Waals surface area contributed by atoms with E-state index in [1.165, 1.54) is 0 Å². The number of nitrogens with one attached hydrogen (secondary N) is 1. The minimum absolute atomic E-state index is 0.0940. The number of nitrogens with two attached hydrogens (primary N) is 1. The predicted octanol–water partition coefficient (Wildman–Crippen LogP) is 0.846. The van der Waals surface area contributed by atoms with Crippen LogP contribution in [0.5, 0.6) is 0 Å². The second-order valence-electron chi connectivity index (χ2n) is 4.33. The van der Waals surface area contributed by atoms with Crippen molar-refractivity contribution in [2.24, 2.45) is 0 Å². The van der Waals surface area contributed by atoms with Crippen molar-refractivity contribution in [1.29, 1.82) is 0 Å². The highest BCUT2D eigenvalue weighted by atomic mass is 32.2. The van der Waals surface area contributed by atoms with Crippen LogP contribution in [0, 0.1) is 0 Å². The Bertz CT molecular complexity index is 508. The van der Waals surface area contributed by atoms with Gasteiger partial charge in [-0.05, 0) is 37.2 Å². The Balaban J connectivity index is 2.12. The van der Waals surface area contributed by atoms with Gasteiger partial charge >= 0.3 is 0 Å². The zero-order chi connectivity index (χ0) is 13.2. The Morgan fingerprint density at radius 1 is 1.44 bits per heavy atom. The van der Waals surface area contributed by atoms with E-state index in [4.69, 9.17) is 10.8 Å². The summed E-state index contributed by atoms with van der Waals surface area (Å²) in [6, 6.07) is 0. The third-order valence-corrected chi connectivity index (χ3v) is 6.07. The fourth-order valence-corrected chi connectivity index (χ4v) is 4.58. The summed E-state index contributed by atoms with van der Waals surface area (Å²) in [6.45, 7) is 0.745. The van der Waals surface area contributed by atoms with Gasteiger partial charge in [0.25, 0.3) is 0 Å². The number of unbranched alkanes of at least 4 members (excludes halogenated alkanes) is 1. The molecule has 1 aliphatic carbocycles. The maximum absolute atomic E-state index is 12.2. The van der Waals surface area contributed by atoms with Crippen LogP contribution < -0.4 is 11.1 Å². The van der Waals surface area contributed by atoms with Crippen LogP contribution in [0.2, 0.25) is 0 Å². The number of rotatable bonds is 7. The number of sulfone groups is 1. The molecule has 102 valence electrons. The lowest BCUT2D eigenvalue weighted by Crippen LogP contribution is -2.12. The van der Waals surface area contributed by atoms with Gasteiger partial charge in [0.1, 0.15) is 9.90 Å². The van der Waals surface area contributed by atoms with Crippen molar-refractivity contribution in [3.8, 4) is 0 Å². The lowest BCUT2D eigenvalue weighted by molar-refractivity contribution is 0.286. The number of aliphatic hydroxyl groups is 1. The molecule has 1 heterocycles. The Morgan fingerprint density at radius 2 is 2.17 bits per heavy atom. The monoisotopic (exact) mass is 291 g/mol. The number of hydrogen-bond acceptors (Lipinski definition) is 7. The summed E-state index contributed by atoms with van der Waals surface area (Å²) in [5.74, 6) is 0.0940. The largest absolute Gasteiger partial charge is 0.396 e. The van der Waals surface area contributed by atoms with Crippen molar-refractivity contribution in [2.45, 2.75) is 35.8 Å². The molecular formula is C10H17N3O3S2. The first-order chi connectivity index (χ1) is 8.57. The molecule has 4 N–H and O–H groups in total. The quantitative estimate of drug-likeness (QED) is 0.643. The fourth-order valence-electron chi connectivity index (χ4n) is 1.67. The third-order valence-electron chi connectivity index (χ3n) is 2.79. The number of nitrogen functional groups attached to an aromatic ring is 1. The average Bonchev–Trinajstić information content (AvgIpc) is 3.10. The van der Waals surface area contributed by atoms with Crippen LogP contribution in [0.25, 0.3) is 0 Å². The minimum Gasteiger partial charge on any atom is -0.396 e. The van der Waals surface area contributed by atoms with Gasteiger partial charge < -0.3 is 16.2 Å². The Labute approximate surface area is 110 Å². The Kier molecular flexibility index (Phi) is 4.08. The molecule has 0 spiro atoms. The molecule has 1 fully saturated rings. The van der Waals surface area contributed by atoms with Gasteiger partial charge in [0, 0.05) is 13.2 Å². The van der Waals surface area contributed by atoms with E-state index in [-0.39, 0.29) is 22.6 Å². The van der Waals surface area contributed by atoms with Gasteiger partial charge in [-0.1, -0.05) is 0 Å². The van der Waals surface area contributed by atoms with Gasteiger partial charge in [-0.25, -0.2) is 8.42 Å². The van der Waals surface area contributed by atoms with Crippen molar-refractivity contribution in [3.05, 3.63) is 0 Å². The Morgan fingerprint density at radius 3 is 2.78 bits per heavy atom. The minimum atomic E-state index is -3.32. The lowest BCUT2D eigenvalue weighted by Gasteiger charge is -2.07. The van der Waals surface area contributed by atoms with Crippen LogP contribution in [0.3, 0.4) is 0 Å². The van der Waals surface area contributed by atoms with E-state index in [0.29, 0.717) is 30.8 Å². The van der Waals surface area contributed by atoms with Crippen molar-refractivity contribution in [3.63, 3.8) is 0 Å². The van der Waals surface area contributed by atoms with E-state index < -0.39 is 9.84 Å².